The molecule has 0 saturated carbocycles. The smallest absolute Gasteiger partial charge is 0.238 e. The minimum absolute atomic E-state index is 0.0408. The lowest BCUT2D eigenvalue weighted by Crippen LogP contribution is -2.42. The van der Waals surface area contributed by atoms with Crippen molar-refractivity contribution in [2.45, 2.75) is 18.9 Å². The van der Waals surface area contributed by atoms with Crippen LogP contribution in [0.3, 0.4) is 0 Å². The minimum atomic E-state index is -0.329. The molecule has 1 aliphatic heterocycles. The van der Waals surface area contributed by atoms with Gasteiger partial charge in [-0.2, -0.15) is 5.26 Å². The van der Waals surface area contributed by atoms with E-state index in [1.165, 1.54) is 0 Å². The third kappa shape index (κ3) is 4.26. The summed E-state index contributed by atoms with van der Waals surface area (Å²) in [5.74, 6) is -0.372. The highest BCUT2D eigenvalue weighted by molar-refractivity contribution is 5.92. The normalized spacial score (nSPS) is 17.3. The number of anilines is 1. The van der Waals surface area contributed by atoms with Gasteiger partial charge in [0.05, 0.1) is 19.2 Å². The molecule has 7 nitrogen and oxygen atoms in total. The van der Waals surface area contributed by atoms with Gasteiger partial charge in [0.25, 0.3) is 0 Å². The number of nitrogens with one attached hydrogen (secondary N) is 2. The molecule has 0 aromatic carbocycles. The molecule has 21 heavy (non-hydrogen) atoms. The molecule has 1 aromatic heterocycles. The van der Waals surface area contributed by atoms with Crippen molar-refractivity contribution in [3.8, 4) is 6.07 Å². The Morgan fingerprint density at radius 2 is 2.14 bits per heavy atom. The fourth-order valence-corrected chi connectivity index (χ4v) is 2.22. The van der Waals surface area contributed by atoms with Gasteiger partial charge in [-0.05, 0) is 25.0 Å². The van der Waals surface area contributed by atoms with Crippen molar-refractivity contribution in [1.29, 1.82) is 5.26 Å². The number of nitrogens with zero attached hydrogens (tertiary/aromatic N) is 3. The van der Waals surface area contributed by atoms with E-state index in [4.69, 9.17) is 5.26 Å². The third-order valence-electron chi connectivity index (χ3n) is 3.25. The maximum absolute atomic E-state index is 11.9. The van der Waals surface area contributed by atoms with Gasteiger partial charge in [-0.15, -0.1) is 0 Å². The maximum atomic E-state index is 11.9. The summed E-state index contributed by atoms with van der Waals surface area (Å²) in [4.78, 5) is 29.0. The van der Waals surface area contributed by atoms with Crippen LogP contribution in [0.4, 0.5) is 5.69 Å². The summed E-state index contributed by atoms with van der Waals surface area (Å²) in [6.45, 7) is 0.711. The number of likely N-dealkylation sites (tertiary alicyclic amines) is 1. The lowest BCUT2D eigenvalue weighted by Gasteiger charge is -2.19. The van der Waals surface area contributed by atoms with E-state index in [0.717, 1.165) is 12.8 Å². The summed E-state index contributed by atoms with van der Waals surface area (Å²) in [5, 5.41) is 14.4. The average molecular weight is 287 g/mol. The van der Waals surface area contributed by atoms with Gasteiger partial charge in [0.15, 0.2) is 0 Å². The molecule has 1 aromatic rings. The number of aromatic nitrogens is 1. The summed E-state index contributed by atoms with van der Waals surface area (Å²) >= 11 is 0. The number of rotatable bonds is 5. The Morgan fingerprint density at radius 3 is 2.86 bits per heavy atom. The van der Waals surface area contributed by atoms with Crippen LogP contribution in [0.5, 0.6) is 0 Å². The van der Waals surface area contributed by atoms with Crippen LogP contribution in [-0.2, 0) is 9.59 Å². The molecule has 110 valence electrons. The number of nitriles is 1. The van der Waals surface area contributed by atoms with Crippen molar-refractivity contribution in [1.82, 2.24) is 15.2 Å². The SMILES string of the molecule is N#C[C@@H]1CCCN1C(=O)CNCC(=O)Nc1ccncc1. The Bertz CT molecular complexity index is 540. The topological polar surface area (TPSA) is 98.1 Å². The van der Waals surface area contributed by atoms with Crippen LogP contribution >= 0.6 is 0 Å². The van der Waals surface area contributed by atoms with Gasteiger partial charge in [-0.3, -0.25) is 19.9 Å². The zero-order chi connectivity index (χ0) is 15.1. The average Bonchev–Trinajstić information content (AvgIpc) is 2.96. The fourth-order valence-electron chi connectivity index (χ4n) is 2.22. The fraction of sp³-hybridized carbons (Fsp3) is 0.429. The molecule has 0 bridgehead atoms. The van der Waals surface area contributed by atoms with Gasteiger partial charge >= 0.3 is 0 Å². The van der Waals surface area contributed by atoms with E-state index in [-0.39, 0.29) is 30.9 Å². The highest BCUT2D eigenvalue weighted by atomic mass is 16.2. The largest absolute Gasteiger partial charge is 0.326 e. The summed E-state index contributed by atoms with van der Waals surface area (Å²) in [7, 11) is 0. The number of carbonyl (C=O) groups is 2. The minimum Gasteiger partial charge on any atom is -0.326 e. The molecular weight excluding hydrogens is 270 g/mol. The molecule has 2 N–H and O–H groups in total. The molecule has 1 fully saturated rings. The van der Waals surface area contributed by atoms with E-state index in [9.17, 15) is 9.59 Å². The molecule has 7 heteroatoms. The highest BCUT2D eigenvalue weighted by Gasteiger charge is 2.27. The molecule has 1 aliphatic rings. The van der Waals surface area contributed by atoms with E-state index in [1.807, 2.05) is 0 Å². The molecule has 0 radical (unpaired) electrons. The Balaban J connectivity index is 1.70. The van der Waals surface area contributed by atoms with Crippen LogP contribution in [0.15, 0.2) is 24.5 Å². The second-order valence-corrected chi connectivity index (χ2v) is 4.76. The molecule has 2 rings (SSSR count). The van der Waals surface area contributed by atoms with E-state index in [1.54, 1.807) is 29.4 Å². The molecule has 0 aliphatic carbocycles. The summed E-state index contributed by atoms with van der Waals surface area (Å²) in [5.41, 5.74) is 0.659. The Hall–Kier alpha value is -2.46. The second-order valence-electron chi connectivity index (χ2n) is 4.76. The predicted octanol–water partition coefficient (Wildman–Crippen LogP) is 0.124. The molecule has 1 saturated heterocycles. The predicted molar refractivity (Wildman–Crippen MR) is 76.1 cm³/mol. The summed E-state index contributed by atoms with van der Waals surface area (Å²) in [6.07, 6.45) is 4.75. The van der Waals surface area contributed by atoms with Crippen LogP contribution in [0, 0.1) is 11.3 Å². The second kappa shape index (κ2) is 7.36. The van der Waals surface area contributed by atoms with Crippen molar-refractivity contribution in [3.05, 3.63) is 24.5 Å². The van der Waals surface area contributed by atoms with Gasteiger partial charge in [0.2, 0.25) is 11.8 Å². The first-order valence-electron chi connectivity index (χ1n) is 6.80. The number of hydrogen-bond donors (Lipinski definition) is 2. The van der Waals surface area contributed by atoms with Gasteiger partial charge in [-0.1, -0.05) is 0 Å². The summed E-state index contributed by atoms with van der Waals surface area (Å²) in [6, 6.07) is 5.16. The zero-order valence-electron chi connectivity index (χ0n) is 11.6. The van der Waals surface area contributed by atoms with Crippen molar-refractivity contribution < 1.29 is 9.59 Å². The zero-order valence-corrected chi connectivity index (χ0v) is 11.6. The van der Waals surface area contributed by atoms with Crippen molar-refractivity contribution in [3.63, 3.8) is 0 Å². The van der Waals surface area contributed by atoms with E-state index in [0.29, 0.717) is 12.2 Å². The van der Waals surface area contributed by atoms with Crippen LogP contribution < -0.4 is 10.6 Å². The number of pyridine rings is 1. The molecule has 2 amide bonds. The monoisotopic (exact) mass is 287 g/mol. The van der Waals surface area contributed by atoms with Crippen LogP contribution in [-0.4, -0.2) is 47.4 Å². The van der Waals surface area contributed by atoms with Crippen molar-refractivity contribution in [2.24, 2.45) is 0 Å². The van der Waals surface area contributed by atoms with Crippen LogP contribution in [0.25, 0.3) is 0 Å². The first-order valence-corrected chi connectivity index (χ1v) is 6.80. The van der Waals surface area contributed by atoms with Gasteiger partial charge < -0.3 is 10.2 Å². The Kier molecular flexibility index (Phi) is 5.23. The van der Waals surface area contributed by atoms with Crippen LogP contribution in [0.1, 0.15) is 12.8 Å². The van der Waals surface area contributed by atoms with Crippen LogP contribution in [0.2, 0.25) is 0 Å². The third-order valence-corrected chi connectivity index (χ3v) is 3.25. The van der Waals surface area contributed by atoms with Crippen molar-refractivity contribution >= 4 is 17.5 Å². The first kappa shape index (κ1) is 14.9. The molecule has 0 spiro atoms. The van der Waals surface area contributed by atoms with E-state index < -0.39 is 0 Å². The quantitative estimate of drug-likeness (QED) is 0.802. The number of hydrogen-bond acceptors (Lipinski definition) is 5. The molecular formula is C14H17N5O2. The number of carbonyl (C=O) groups excluding carboxylic acids is 2. The number of amides is 2. The Morgan fingerprint density at radius 1 is 1.38 bits per heavy atom. The highest BCUT2D eigenvalue weighted by Crippen LogP contribution is 2.15. The van der Waals surface area contributed by atoms with Gasteiger partial charge in [0, 0.05) is 24.6 Å². The molecule has 0 unspecified atom stereocenters. The lowest BCUT2D eigenvalue weighted by atomic mass is 10.2. The Labute approximate surface area is 123 Å². The van der Waals surface area contributed by atoms with Gasteiger partial charge in [-0.25, -0.2) is 0 Å². The van der Waals surface area contributed by atoms with E-state index in [2.05, 4.69) is 21.7 Å². The van der Waals surface area contributed by atoms with Gasteiger partial charge in [0.1, 0.15) is 6.04 Å². The standard InChI is InChI=1S/C14H17N5O2/c15-8-12-2-1-7-19(12)14(21)10-17-9-13(20)18-11-3-5-16-6-4-11/h3-6,12,17H,1-2,7,9-10H2,(H,16,18,20)/t12-/m0/s1. The summed E-state index contributed by atoms with van der Waals surface area (Å²) < 4.78 is 0. The molecule has 1 atom stereocenters. The molecule has 2 heterocycles. The first-order chi connectivity index (χ1) is 10.2. The lowest BCUT2D eigenvalue weighted by molar-refractivity contribution is -0.130. The van der Waals surface area contributed by atoms with E-state index >= 15 is 0 Å². The van der Waals surface area contributed by atoms with Crippen molar-refractivity contribution in [2.75, 3.05) is 25.0 Å². The maximum Gasteiger partial charge on any atom is 0.238 e.